The van der Waals surface area contributed by atoms with Gasteiger partial charge in [0.2, 0.25) is 5.91 Å². The molecule has 1 fully saturated rings. The van der Waals surface area contributed by atoms with Crippen LogP contribution in [0.25, 0.3) is 10.9 Å². The summed E-state index contributed by atoms with van der Waals surface area (Å²) >= 11 is 0. The molecule has 1 aromatic carbocycles. The van der Waals surface area contributed by atoms with E-state index in [1.807, 2.05) is 33.0 Å². The Morgan fingerprint density at radius 3 is 2.58 bits per heavy atom. The Bertz CT molecular complexity index is 862. The number of fused-ring (bicyclic) bond motifs is 1. The van der Waals surface area contributed by atoms with Crippen LogP contribution in [0.2, 0.25) is 0 Å². The summed E-state index contributed by atoms with van der Waals surface area (Å²) in [7, 11) is 0. The van der Waals surface area contributed by atoms with Crippen molar-refractivity contribution < 1.29 is 9.53 Å². The highest BCUT2D eigenvalue weighted by Gasteiger charge is 2.22. The fourth-order valence-electron chi connectivity index (χ4n) is 4.21. The number of hydrogen-bond acceptors (Lipinski definition) is 4. The molecular weight excluding hydrogens is 457 g/mol. The molecule has 0 spiro atoms. The van der Waals surface area contributed by atoms with Crippen molar-refractivity contribution in [1.29, 1.82) is 0 Å². The third kappa shape index (κ3) is 9.68. The van der Waals surface area contributed by atoms with Gasteiger partial charge in [-0.1, -0.05) is 19.4 Å². The smallest absolute Gasteiger partial charge is 0.220 e. The van der Waals surface area contributed by atoms with Crippen LogP contribution < -0.4 is 10.1 Å². The van der Waals surface area contributed by atoms with Crippen molar-refractivity contribution in [2.24, 2.45) is 0 Å². The number of amides is 1. The lowest BCUT2D eigenvalue weighted by molar-refractivity contribution is -0.122. The van der Waals surface area contributed by atoms with E-state index in [1.54, 1.807) is 0 Å². The van der Waals surface area contributed by atoms with E-state index in [-0.39, 0.29) is 42.4 Å². The number of likely N-dealkylation sites (tertiary alicyclic amines) is 1. The number of unbranched alkanes of at least 4 members (excludes halogenated alkanes) is 1. The molecule has 1 saturated heterocycles. The molecule has 0 atom stereocenters. The summed E-state index contributed by atoms with van der Waals surface area (Å²) in [6.45, 7) is 11.3. The average Bonchev–Trinajstić information content (AvgIpc) is 2.72. The summed E-state index contributed by atoms with van der Waals surface area (Å²) in [6, 6.07) is 8.58. The van der Waals surface area contributed by atoms with Gasteiger partial charge in [0.25, 0.3) is 0 Å². The number of ether oxygens (including phenoxy) is 1. The topological polar surface area (TPSA) is 54.5 Å². The van der Waals surface area contributed by atoms with Crippen molar-refractivity contribution in [2.75, 3.05) is 19.6 Å². The van der Waals surface area contributed by atoms with Crippen molar-refractivity contribution in [3.8, 4) is 5.75 Å². The zero-order valence-corrected chi connectivity index (χ0v) is 22.2. The molecule has 0 aliphatic carbocycles. The Hall–Kier alpha value is -1.56. The van der Waals surface area contributed by atoms with Crippen molar-refractivity contribution in [1.82, 2.24) is 15.2 Å². The first-order valence-corrected chi connectivity index (χ1v) is 11.9. The van der Waals surface area contributed by atoms with Crippen LogP contribution in [-0.2, 0) is 11.2 Å². The number of hydrogen-bond donors (Lipinski definition) is 1. The van der Waals surface area contributed by atoms with E-state index in [2.05, 4.69) is 40.3 Å². The van der Waals surface area contributed by atoms with Gasteiger partial charge in [0.1, 0.15) is 17.4 Å². The maximum atomic E-state index is 12.0. The second-order valence-electron chi connectivity index (χ2n) is 9.83. The van der Waals surface area contributed by atoms with E-state index in [1.165, 1.54) is 18.4 Å². The summed E-state index contributed by atoms with van der Waals surface area (Å²) in [4.78, 5) is 19.0. The molecule has 33 heavy (non-hydrogen) atoms. The Balaban J connectivity index is 0.00000272. The minimum absolute atomic E-state index is 0. The van der Waals surface area contributed by atoms with Crippen molar-refractivity contribution in [3.63, 3.8) is 0 Å². The highest BCUT2D eigenvalue weighted by Crippen LogP contribution is 2.29. The number of piperidine rings is 1. The van der Waals surface area contributed by atoms with E-state index in [4.69, 9.17) is 4.74 Å². The van der Waals surface area contributed by atoms with Crippen LogP contribution in [0.1, 0.15) is 71.8 Å². The van der Waals surface area contributed by atoms with Crippen molar-refractivity contribution in [3.05, 3.63) is 36.0 Å². The van der Waals surface area contributed by atoms with Gasteiger partial charge < -0.3 is 15.0 Å². The van der Waals surface area contributed by atoms with Gasteiger partial charge in [0.05, 0.1) is 0 Å². The van der Waals surface area contributed by atoms with Gasteiger partial charge in [-0.15, -0.1) is 24.8 Å². The molecule has 186 valence electrons. The molecule has 1 N–H and O–H groups in total. The number of halogens is 2. The lowest BCUT2D eigenvalue weighted by atomic mass is 10.0. The van der Waals surface area contributed by atoms with Crippen molar-refractivity contribution in [2.45, 2.75) is 84.3 Å². The van der Waals surface area contributed by atoms with Crippen LogP contribution in [0.3, 0.4) is 0 Å². The van der Waals surface area contributed by atoms with Crippen LogP contribution in [0, 0.1) is 0 Å². The van der Waals surface area contributed by atoms with E-state index in [9.17, 15) is 4.79 Å². The molecular formula is C26H41Cl2N3O2. The second kappa shape index (κ2) is 14.0. The highest BCUT2D eigenvalue weighted by atomic mass is 35.5. The lowest BCUT2D eigenvalue weighted by Crippen LogP contribution is -2.41. The summed E-state index contributed by atoms with van der Waals surface area (Å²) in [5.74, 6) is 1.08. The third-order valence-corrected chi connectivity index (χ3v) is 5.77. The number of pyridine rings is 1. The standard InChI is InChI=1S/C26H39N3O2.2ClH/c1-5-6-9-20-18-21-10-7-14-27-25(21)23(19-20)31-22-12-16-29(17-13-22)15-8-11-24(30)28-26(2,3)4;;/h7,10,14,18-19,22H,5-6,8-9,11-13,15-17H2,1-4H3,(H,28,30);2*1H. The largest absolute Gasteiger partial charge is 0.488 e. The molecule has 0 unspecified atom stereocenters. The number of nitrogens with one attached hydrogen (secondary N) is 1. The molecule has 1 aromatic heterocycles. The van der Waals surface area contributed by atoms with Gasteiger partial charge in [0.15, 0.2) is 0 Å². The monoisotopic (exact) mass is 497 g/mol. The van der Waals surface area contributed by atoms with Crippen LogP contribution in [0.4, 0.5) is 0 Å². The first kappa shape index (κ1) is 29.5. The Morgan fingerprint density at radius 2 is 1.91 bits per heavy atom. The summed E-state index contributed by atoms with van der Waals surface area (Å²) < 4.78 is 6.48. The average molecular weight is 499 g/mol. The van der Waals surface area contributed by atoms with Crippen LogP contribution >= 0.6 is 24.8 Å². The molecule has 2 aromatic rings. The van der Waals surface area contributed by atoms with E-state index < -0.39 is 0 Å². The van der Waals surface area contributed by atoms with Gasteiger partial charge in [-0.3, -0.25) is 9.78 Å². The van der Waals surface area contributed by atoms with E-state index in [0.29, 0.717) is 6.42 Å². The Labute approximate surface area is 211 Å². The molecule has 7 heteroatoms. The number of benzene rings is 1. The molecule has 2 heterocycles. The molecule has 1 aliphatic heterocycles. The number of rotatable bonds is 9. The summed E-state index contributed by atoms with van der Waals surface area (Å²) in [6.07, 6.45) is 9.07. The van der Waals surface area contributed by atoms with Crippen LogP contribution in [0.5, 0.6) is 5.75 Å². The molecule has 0 radical (unpaired) electrons. The molecule has 1 aliphatic rings. The van der Waals surface area contributed by atoms with Crippen LogP contribution in [-0.4, -0.2) is 47.1 Å². The maximum Gasteiger partial charge on any atom is 0.220 e. The lowest BCUT2D eigenvalue weighted by Gasteiger charge is -2.32. The van der Waals surface area contributed by atoms with Gasteiger partial charge in [0, 0.05) is 36.6 Å². The molecule has 1 amide bonds. The first-order chi connectivity index (χ1) is 14.8. The minimum Gasteiger partial charge on any atom is -0.488 e. The van der Waals surface area contributed by atoms with E-state index >= 15 is 0 Å². The van der Waals surface area contributed by atoms with Gasteiger partial charge in [-0.05, 0) is 83.2 Å². The zero-order chi connectivity index (χ0) is 22.3. The number of nitrogens with zero attached hydrogens (tertiary/aromatic N) is 2. The molecule has 3 rings (SSSR count). The molecule has 5 nitrogen and oxygen atoms in total. The highest BCUT2D eigenvalue weighted by molar-refractivity contribution is 5.86. The SMILES string of the molecule is CCCCc1cc(OC2CCN(CCCC(=O)NC(C)(C)C)CC2)c2ncccc2c1.Cl.Cl. The number of aryl methyl sites for hydroxylation is 1. The number of aromatic nitrogens is 1. The first-order valence-electron chi connectivity index (χ1n) is 11.9. The summed E-state index contributed by atoms with van der Waals surface area (Å²) in [5, 5.41) is 4.20. The Morgan fingerprint density at radius 1 is 1.18 bits per heavy atom. The van der Waals surface area contributed by atoms with Gasteiger partial charge in [-0.2, -0.15) is 0 Å². The van der Waals surface area contributed by atoms with Gasteiger partial charge >= 0.3 is 0 Å². The number of carbonyl (C=O) groups is 1. The van der Waals surface area contributed by atoms with E-state index in [0.717, 1.165) is 62.0 Å². The fraction of sp³-hybridized carbons (Fsp3) is 0.615. The van der Waals surface area contributed by atoms with Gasteiger partial charge in [-0.25, -0.2) is 0 Å². The number of carbonyl (C=O) groups excluding carboxylic acids is 1. The quantitative estimate of drug-likeness (QED) is 0.464. The van der Waals surface area contributed by atoms with Crippen molar-refractivity contribution >= 4 is 41.6 Å². The second-order valence-corrected chi connectivity index (χ2v) is 9.83. The Kier molecular flexibility index (Phi) is 12.5. The molecule has 0 saturated carbocycles. The predicted molar refractivity (Wildman–Crippen MR) is 142 cm³/mol. The normalized spacial score (nSPS) is 14.9. The predicted octanol–water partition coefficient (Wildman–Crippen LogP) is 5.96. The maximum absolute atomic E-state index is 12.0. The fourth-order valence-corrected chi connectivity index (χ4v) is 4.21. The zero-order valence-electron chi connectivity index (χ0n) is 20.6. The third-order valence-electron chi connectivity index (χ3n) is 5.77. The van der Waals surface area contributed by atoms with Crippen LogP contribution in [0.15, 0.2) is 30.5 Å². The molecule has 0 bridgehead atoms. The minimum atomic E-state index is -0.153. The summed E-state index contributed by atoms with van der Waals surface area (Å²) in [5.41, 5.74) is 2.15.